The summed E-state index contributed by atoms with van der Waals surface area (Å²) in [5, 5.41) is 0. The quantitative estimate of drug-likeness (QED) is 0.697. The van der Waals surface area contributed by atoms with Gasteiger partial charge in [-0.2, -0.15) is 11.8 Å². The molecule has 0 saturated heterocycles. The highest BCUT2D eigenvalue weighted by atomic mass is 32.2. The average Bonchev–Trinajstić information content (AvgIpc) is 1.95. The van der Waals surface area contributed by atoms with E-state index >= 15 is 0 Å². The van der Waals surface area contributed by atoms with Crippen molar-refractivity contribution >= 4 is 11.8 Å². The Balaban J connectivity index is 2.79. The minimum Gasteiger partial charge on any atom is -0.329 e. The van der Waals surface area contributed by atoms with Gasteiger partial charge in [0.15, 0.2) is 0 Å². The first-order valence-corrected chi connectivity index (χ1v) is 4.39. The van der Waals surface area contributed by atoms with Crippen LogP contribution in [0.25, 0.3) is 0 Å². The molecule has 0 aliphatic carbocycles. The lowest BCUT2D eigenvalue weighted by Gasteiger charge is -1.93. The molecule has 1 heterocycles. The molecule has 1 rings (SSSR count). The van der Waals surface area contributed by atoms with Crippen molar-refractivity contribution in [2.75, 3.05) is 6.26 Å². The molecular formula is C7H9NOS. The Hall–Kier alpha value is -0.700. The maximum absolute atomic E-state index is 10.6. The fraction of sp³-hybridized carbons (Fsp3) is 0.286. The van der Waals surface area contributed by atoms with Gasteiger partial charge >= 0.3 is 0 Å². The second-order valence-corrected chi connectivity index (χ2v) is 2.86. The Labute approximate surface area is 63.7 Å². The molecule has 0 unspecified atom stereocenters. The van der Waals surface area contributed by atoms with E-state index in [-0.39, 0.29) is 5.56 Å². The van der Waals surface area contributed by atoms with Crippen LogP contribution in [0, 0.1) is 0 Å². The Morgan fingerprint density at radius 1 is 1.60 bits per heavy atom. The number of rotatable bonds is 2. The molecule has 0 aromatic carbocycles. The van der Waals surface area contributed by atoms with Crippen molar-refractivity contribution in [1.29, 1.82) is 0 Å². The lowest BCUT2D eigenvalue weighted by atomic mass is 10.3. The first-order chi connectivity index (χ1) is 4.83. The standard InChI is InChI=1S/C7H9NOS/c1-10-5-6-2-3-7(9)8-4-6/h2-4H,5H2,1H3,(H,8,9). The zero-order valence-electron chi connectivity index (χ0n) is 5.76. The lowest BCUT2D eigenvalue weighted by molar-refractivity contribution is 1.19. The SMILES string of the molecule is CSCc1ccc(=O)[nH]c1. The van der Waals surface area contributed by atoms with Gasteiger partial charge in [0.2, 0.25) is 5.56 Å². The van der Waals surface area contributed by atoms with Gasteiger partial charge in [0, 0.05) is 18.0 Å². The van der Waals surface area contributed by atoms with E-state index in [0.717, 1.165) is 11.3 Å². The molecule has 10 heavy (non-hydrogen) atoms. The van der Waals surface area contributed by atoms with Gasteiger partial charge in [-0.15, -0.1) is 0 Å². The maximum Gasteiger partial charge on any atom is 0.247 e. The minimum atomic E-state index is -0.0372. The number of hydrogen-bond acceptors (Lipinski definition) is 2. The van der Waals surface area contributed by atoms with Crippen LogP contribution in [0.1, 0.15) is 5.56 Å². The fourth-order valence-electron chi connectivity index (χ4n) is 0.699. The third-order valence-electron chi connectivity index (χ3n) is 1.16. The zero-order valence-corrected chi connectivity index (χ0v) is 6.57. The number of thioether (sulfide) groups is 1. The van der Waals surface area contributed by atoms with Crippen LogP contribution in [0.2, 0.25) is 0 Å². The topological polar surface area (TPSA) is 32.9 Å². The summed E-state index contributed by atoms with van der Waals surface area (Å²) in [6.45, 7) is 0. The Bertz CT molecular complexity index is 236. The van der Waals surface area contributed by atoms with Crippen LogP contribution in [0.3, 0.4) is 0 Å². The van der Waals surface area contributed by atoms with Crippen molar-refractivity contribution in [2.24, 2.45) is 0 Å². The van der Waals surface area contributed by atoms with Crippen molar-refractivity contribution in [2.45, 2.75) is 5.75 Å². The average molecular weight is 155 g/mol. The molecule has 0 spiro atoms. The van der Waals surface area contributed by atoms with E-state index in [1.165, 1.54) is 0 Å². The molecule has 2 nitrogen and oxygen atoms in total. The van der Waals surface area contributed by atoms with Gasteiger partial charge in [0.25, 0.3) is 0 Å². The second-order valence-electron chi connectivity index (χ2n) is 1.99. The van der Waals surface area contributed by atoms with E-state index in [1.807, 2.05) is 12.3 Å². The number of nitrogens with one attached hydrogen (secondary N) is 1. The summed E-state index contributed by atoms with van der Waals surface area (Å²) in [7, 11) is 0. The second kappa shape index (κ2) is 3.46. The predicted octanol–water partition coefficient (Wildman–Crippen LogP) is 1.24. The Morgan fingerprint density at radius 3 is 2.90 bits per heavy atom. The van der Waals surface area contributed by atoms with Crippen molar-refractivity contribution < 1.29 is 0 Å². The monoisotopic (exact) mass is 155 g/mol. The van der Waals surface area contributed by atoms with Crippen molar-refractivity contribution in [1.82, 2.24) is 4.98 Å². The summed E-state index contributed by atoms with van der Waals surface area (Å²) >= 11 is 1.74. The molecule has 0 amide bonds. The van der Waals surface area contributed by atoms with Gasteiger partial charge in [-0.1, -0.05) is 6.07 Å². The third-order valence-corrected chi connectivity index (χ3v) is 1.78. The molecule has 0 radical (unpaired) electrons. The molecule has 0 saturated carbocycles. The normalized spacial score (nSPS) is 9.70. The van der Waals surface area contributed by atoms with Crippen LogP contribution in [0.15, 0.2) is 23.1 Å². The van der Waals surface area contributed by atoms with Gasteiger partial charge in [-0.25, -0.2) is 0 Å². The highest BCUT2D eigenvalue weighted by Gasteiger charge is 1.88. The molecule has 0 aliphatic heterocycles. The molecule has 0 aliphatic rings. The maximum atomic E-state index is 10.6. The van der Waals surface area contributed by atoms with Crippen molar-refractivity contribution in [3.63, 3.8) is 0 Å². The molecule has 3 heteroatoms. The molecule has 0 fully saturated rings. The fourth-order valence-corrected chi connectivity index (χ4v) is 1.21. The van der Waals surface area contributed by atoms with Crippen LogP contribution in [0.4, 0.5) is 0 Å². The first-order valence-electron chi connectivity index (χ1n) is 2.99. The Morgan fingerprint density at radius 2 is 2.40 bits per heavy atom. The summed E-state index contributed by atoms with van der Waals surface area (Å²) in [5.74, 6) is 0.955. The van der Waals surface area contributed by atoms with Gasteiger partial charge in [-0.3, -0.25) is 4.79 Å². The van der Waals surface area contributed by atoms with Gasteiger partial charge in [0.1, 0.15) is 0 Å². The molecule has 54 valence electrons. The van der Waals surface area contributed by atoms with Crippen LogP contribution in [-0.2, 0) is 5.75 Å². The summed E-state index contributed by atoms with van der Waals surface area (Å²) < 4.78 is 0. The van der Waals surface area contributed by atoms with Crippen LogP contribution in [-0.4, -0.2) is 11.2 Å². The Kier molecular flexibility index (Phi) is 2.57. The highest BCUT2D eigenvalue weighted by Crippen LogP contribution is 2.04. The summed E-state index contributed by atoms with van der Waals surface area (Å²) in [6.07, 6.45) is 3.78. The van der Waals surface area contributed by atoms with Gasteiger partial charge in [-0.05, 0) is 11.8 Å². The number of hydrogen-bond donors (Lipinski definition) is 1. The molecular weight excluding hydrogens is 146 g/mol. The van der Waals surface area contributed by atoms with Gasteiger partial charge < -0.3 is 4.98 Å². The van der Waals surface area contributed by atoms with Crippen molar-refractivity contribution in [3.05, 3.63) is 34.2 Å². The van der Waals surface area contributed by atoms with Crippen LogP contribution >= 0.6 is 11.8 Å². The molecule has 1 N–H and O–H groups in total. The summed E-state index contributed by atoms with van der Waals surface area (Å²) in [4.78, 5) is 13.2. The van der Waals surface area contributed by atoms with Gasteiger partial charge in [0.05, 0.1) is 0 Å². The smallest absolute Gasteiger partial charge is 0.247 e. The largest absolute Gasteiger partial charge is 0.329 e. The molecule has 0 atom stereocenters. The van der Waals surface area contributed by atoms with Crippen LogP contribution in [0.5, 0.6) is 0 Å². The first kappa shape index (κ1) is 7.41. The van der Waals surface area contributed by atoms with E-state index in [1.54, 1.807) is 24.0 Å². The highest BCUT2D eigenvalue weighted by molar-refractivity contribution is 7.97. The third kappa shape index (κ3) is 1.92. The van der Waals surface area contributed by atoms with E-state index < -0.39 is 0 Å². The number of aromatic nitrogens is 1. The molecule has 1 aromatic rings. The summed E-state index contributed by atoms with van der Waals surface area (Å²) in [5.41, 5.74) is 1.12. The predicted molar refractivity (Wildman–Crippen MR) is 44.3 cm³/mol. The number of pyridine rings is 1. The summed E-state index contributed by atoms with van der Waals surface area (Å²) in [6, 6.07) is 3.39. The molecule has 1 aromatic heterocycles. The van der Waals surface area contributed by atoms with Crippen LogP contribution < -0.4 is 5.56 Å². The zero-order chi connectivity index (χ0) is 7.40. The minimum absolute atomic E-state index is 0.0372. The van der Waals surface area contributed by atoms with E-state index in [9.17, 15) is 4.79 Å². The lowest BCUT2D eigenvalue weighted by Crippen LogP contribution is -2.02. The van der Waals surface area contributed by atoms with E-state index in [0.29, 0.717) is 0 Å². The van der Waals surface area contributed by atoms with E-state index in [2.05, 4.69) is 4.98 Å². The molecule has 0 bridgehead atoms. The van der Waals surface area contributed by atoms with E-state index in [4.69, 9.17) is 0 Å². The van der Waals surface area contributed by atoms with Crippen molar-refractivity contribution in [3.8, 4) is 0 Å². The number of H-pyrrole nitrogens is 1. The number of aromatic amines is 1.